The lowest BCUT2D eigenvalue weighted by atomic mass is 10.1. The molecule has 1 heterocycles. The number of amides is 1. The number of fused-ring (bicyclic) bond motifs is 1. The minimum absolute atomic E-state index is 0.137. The number of nitrogens with zero attached hydrogens (tertiary/aromatic N) is 1. The summed E-state index contributed by atoms with van der Waals surface area (Å²) in [6, 6.07) is 19.0. The first kappa shape index (κ1) is 17.6. The van der Waals surface area contributed by atoms with Gasteiger partial charge in [-0.1, -0.05) is 89.6 Å². The molecule has 1 fully saturated rings. The molecule has 128 valence electrons. The number of carbonyl (C=O) groups is 1. The maximum Gasteiger partial charge on any atom is 0.270 e. The van der Waals surface area contributed by atoms with Gasteiger partial charge in [-0.25, -0.2) is 0 Å². The van der Waals surface area contributed by atoms with Crippen LogP contribution < -0.4 is 4.90 Å². The second-order valence-corrected chi connectivity index (χ2v) is 8.18. The predicted octanol–water partition coefficient (Wildman–Crippen LogP) is 6.55. The Bertz CT molecular complexity index is 1090. The molecule has 1 aliphatic heterocycles. The number of halogens is 2. The molecule has 0 saturated carbocycles. The summed E-state index contributed by atoms with van der Waals surface area (Å²) in [6.07, 6.45) is 1.78. The summed E-state index contributed by atoms with van der Waals surface area (Å²) < 4.78 is 0.512. The highest BCUT2D eigenvalue weighted by molar-refractivity contribution is 8.27. The van der Waals surface area contributed by atoms with Gasteiger partial charge in [-0.3, -0.25) is 9.69 Å². The van der Waals surface area contributed by atoms with Crippen LogP contribution in [0.25, 0.3) is 16.8 Å². The van der Waals surface area contributed by atoms with Crippen molar-refractivity contribution in [2.75, 3.05) is 4.90 Å². The summed E-state index contributed by atoms with van der Waals surface area (Å²) in [6.45, 7) is 0. The average molecular weight is 416 g/mol. The monoisotopic (exact) mass is 415 g/mol. The van der Waals surface area contributed by atoms with Crippen molar-refractivity contribution in [3.05, 3.63) is 81.2 Å². The third-order valence-electron chi connectivity index (χ3n) is 4.04. The second-order valence-electron chi connectivity index (χ2n) is 5.69. The van der Waals surface area contributed by atoms with E-state index in [0.29, 0.717) is 19.3 Å². The lowest BCUT2D eigenvalue weighted by Crippen LogP contribution is -2.27. The van der Waals surface area contributed by atoms with Crippen molar-refractivity contribution in [3.63, 3.8) is 0 Å². The topological polar surface area (TPSA) is 20.3 Å². The lowest BCUT2D eigenvalue weighted by Gasteiger charge is -2.17. The molecule has 6 heteroatoms. The standard InChI is InChI=1S/C20H11Cl2NOS2/c21-15-9-8-12(10-16(15)22)11-18-19(24)23(20(25)26-18)17-7-3-5-13-4-1-2-6-14(13)17/h1-11H/b18-11+. The van der Waals surface area contributed by atoms with Gasteiger partial charge in [0.15, 0.2) is 4.32 Å². The first-order valence-electron chi connectivity index (χ1n) is 7.75. The Morgan fingerprint density at radius 1 is 0.962 bits per heavy atom. The number of anilines is 1. The highest BCUT2D eigenvalue weighted by Gasteiger charge is 2.34. The predicted molar refractivity (Wildman–Crippen MR) is 116 cm³/mol. The third kappa shape index (κ3) is 3.14. The molecular formula is C20H11Cl2NOS2. The fourth-order valence-corrected chi connectivity index (χ4v) is 4.42. The number of hydrogen-bond acceptors (Lipinski definition) is 3. The molecule has 0 aliphatic carbocycles. The zero-order valence-electron chi connectivity index (χ0n) is 13.3. The number of carbonyl (C=O) groups excluding carboxylic acids is 1. The fraction of sp³-hybridized carbons (Fsp3) is 0. The molecule has 4 rings (SSSR count). The molecule has 0 bridgehead atoms. The number of thioether (sulfide) groups is 1. The van der Waals surface area contributed by atoms with E-state index in [1.165, 1.54) is 11.8 Å². The van der Waals surface area contributed by atoms with Crippen molar-refractivity contribution < 1.29 is 4.79 Å². The summed E-state index contributed by atoms with van der Waals surface area (Å²) in [5.74, 6) is -0.137. The molecule has 3 aromatic carbocycles. The highest BCUT2D eigenvalue weighted by Crippen LogP contribution is 2.39. The minimum Gasteiger partial charge on any atom is -0.268 e. The van der Waals surface area contributed by atoms with Gasteiger partial charge in [0, 0.05) is 5.39 Å². The Hall–Kier alpha value is -1.85. The molecule has 1 saturated heterocycles. The van der Waals surface area contributed by atoms with Gasteiger partial charge in [-0.2, -0.15) is 0 Å². The minimum atomic E-state index is -0.137. The first-order valence-corrected chi connectivity index (χ1v) is 9.73. The summed E-state index contributed by atoms with van der Waals surface area (Å²) in [7, 11) is 0. The molecule has 1 amide bonds. The smallest absolute Gasteiger partial charge is 0.268 e. The first-order chi connectivity index (χ1) is 12.5. The van der Waals surface area contributed by atoms with Gasteiger partial charge in [0.2, 0.25) is 0 Å². The molecule has 0 unspecified atom stereocenters. The van der Waals surface area contributed by atoms with Crippen LogP contribution >= 0.6 is 47.2 Å². The highest BCUT2D eigenvalue weighted by atomic mass is 35.5. The largest absolute Gasteiger partial charge is 0.270 e. The van der Waals surface area contributed by atoms with Crippen LogP contribution in [-0.4, -0.2) is 10.2 Å². The number of benzene rings is 3. The van der Waals surface area contributed by atoms with Crippen LogP contribution in [-0.2, 0) is 4.79 Å². The zero-order valence-corrected chi connectivity index (χ0v) is 16.4. The van der Waals surface area contributed by atoms with Gasteiger partial charge >= 0.3 is 0 Å². The van der Waals surface area contributed by atoms with Crippen LogP contribution in [0.1, 0.15) is 5.56 Å². The SMILES string of the molecule is O=C1/C(=C\c2ccc(Cl)c(Cl)c2)SC(=S)N1c1cccc2ccccc12. The Balaban J connectivity index is 1.75. The molecule has 2 nitrogen and oxygen atoms in total. The van der Waals surface area contributed by atoms with E-state index in [0.717, 1.165) is 22.0 Å². The molecule has 1 aliphatic rings. The molecule has 26 heavy (non-hydrogen) atoms. The van der Waals surface area contributed by atoms with Crippen LogP contribution in [0.3, 0.4) is 0 Å². The van der Waals surface area contributed by atoms with E-state index in [2.05, 4.69) is 0 Å². The Morgan fingerprint density at radius 2 is 1.73 bits per heavy atom. The van der Waals surface area contributed by atoms with Crippen molar-refractivity contribution >= 4 is 79.9 Å². The van der Waals surface area contributed by atoms with E-state index in [1.807, 2.05) is 48.5 Å². The maximum atomic E-state index is 13.0. The van der Waals surface area contributed by atoms with Crippen LogP contribution in [0.15, 0.2) is 65.6 Å². The van der Waals surface area contributed by atoms with Gasteiger partial charge in [-0.15, -0.1) is 0 Å². The van der Waals surface area contributed by atoms with E-state index < -0.39 is 0 Å². The van der Waals surface area contributed by atoms with Crippen molar-refractivity contribution in [1.29, 1.82) is 0 Å². The van der Waals surface area contributed by atoms with Gasteiger partial charge in [0.05, 0.1) is 20.6 Å². The van der Waals surface area contributed by atoms with Gasteiger partial charge in [-0.05, 0) is 35.2 Å². The van der Waals surface area contributed by atoms with E-state index >= 15 is 0 Å². The summed E-state index contributed by atoms with van der Waals surface area (Å²) >= 11 is 18.8. The summed E-state index contributed by atoms with van der Waals surface area (Å²) in [5, 5.41) is 2.98. The summed E-state index contributed by atoms with van der Waals surface area (Å²) in [5.41, 5.74) is 1.60. The van der Waals surface area contributed by atoms with E-state index in [-0.39, 0.29) is 5.91 Å². The van der Waals surface area contributed by atoms with Gasteiger partial charge in [0.1, 0.15) is 0 Å². The fourth-order valence-electron chi connectivity index (χ4n) is 2.83. The van der Waals surface area contributed by atoms with Crippen molar-refractivity contribution in [3.8, 4) is 0 Å². The molecule has 3 aromatic rings. The van der Waals surface area contributed by atoms with E-state index in [4.69, 9.17) is 35.4 Å². The Kier molecular flexibility index (Phi) is 4.76. The molecule has 0 atom stereocenters. The number of rotatable bonds is 2. The van der Waals surface area contributed by atoms with Crippen molar-refractivity contribution in [2.24, 2.45) is 0 Å². The van der Waals surface area contributed by atoms with Crippen LogP contribution in [0.2, 0.25) is 10.0 Å². The van der Waals surface area contributed by atoms with Gasteiger partial charge < -0.3 is 0 Å². The Morgan fingerprint density at radius 3 is 2.54 bits per heavy atom. The number of hydrogen-bond donors (Lipinski definition) is 0. The van der Waals surface area contributed by atoms with Crippen molar-refractivity contribution in [2.45, 2.75) is 0 Å². The maximum absolute atomic E-state index is 13.0. The van der Waals surface area contributed by atoms with Crippen LogP contribution in [0.5, 0.6) is 0 Å². The average Bonchev–Trinajstić information content (AvgIpc) is 2.91. The molecular weight excluding hydrogens is 405 g/mol. The molecule has 0 aromatic heterocycles. The molecule has 0 N–H and O–H groups in total. The van der Waals surface area contributed by atoms with Gasteiger partial charge in [0.25, 0.3) is 5.91 Å². The second kappa shape index (κ2) is 7.05. The number of thiocarbonyl (C=S) groups is 1. The van der Waals surface area contributed by atoms with E-state index in [1.54, 1.807) is 23.1 Å². The third-order valence-corrected chi connectivity index (χ3v) is 6.08. The summed E-state index contributed by atoms with van der Waals surface area (Å²) in [4.78, 5) is 15.2. The lowest BCUT2D eigenvalue weighted by molar-refractivity contribution is -0.113. The molecule has 0 spiro atoms. The van der Waals surface area contributed by atoms with E-state index in [9.17, 15) is 4.79 Å². The molecule has 0 radical (unpaired) electrons. The zero-order chi connectivity index (χ0) is 18.3. The quantitative estimate of drug-likeness (QED) is 0.349. The Labute approximate surface area is 170 Å². The van der Waals surface area contributed by atoms with Crippen LogP contribution in [0.4, 0.5) is 5.69 Å². The normalized spacial score (nSPS) is 16.1. The van der Waals surface area contributed by atoms with Crippen LogP contribution in [0, 0.1) is 0 Å². The van der Waals surface area contributed by atoms with Crippen molar-refractivity contribution in [1.82, 2.24) is 0 Å².